The number of piperidine rings is 1. The highest BCUT2D eigenvalue weighted by Gasteiger charge is 2.28. The van der Waals surface area contributed by atoms with E-state index in [0.29, 0.717) is 5.41 Å². The largest absolute Gasteiger partial charge is 0.368 e. The van der Waals surface area contributed by atoms with Gasteiger partial charge in [0.1, 0.15) is 5.82 Å². The lowest BCUT2D eigenvalue weighted by molar-refractivity contribution is 0.150. The van der Waals surface area contributed by atoms with E-state index in [9.17, 15) is 0 Å². The van der Waals surface area contributed by atoms with Crippen molar-refractivity contribution >= 4 is 16.9 Å². The van der Waals surface area contributed by atoms with Crippen LogP contribution in [0.5, 0.6) is 0 Å². The molecule has 2 aromatic rings. The van der Waals surface area contributed by atoms with Crippen molar-refractivity contribution < 1.29 is 0 Å². The molecule has 21 heavy (non-hydrogen) atoms. The molecule has 1 aromatic heterocycles. The number of rotatable bonds is 3. The Balaban J connectivity index is 1.74. The van der Waals surface area contributed by atoms with Gasteiger partial charge in [0.2, 0.25) is 0 Å². The minimum atomic E-state index is 0.353. The molecule has 0 atom stereocenters. The van der Waals surface area contributed by atoms with Crippen LogP contribution in [-0.2, 0) is 0 Å². The first-order valence-electron chi connectivity index (χ1n) is 7.72. The van der Waals surface area contributed by atoms with Gasteiger partial charge in [0.25, 0.3) is 0 Å². The van der Waals surface area contributed by atoms with Crippen molar-refractivity contribution in [3.05, 3.63) is 30.0 Å². The quantitative estimate of drug-likeness (QED) is 0.940. The van der Waals surface area contributed by atoms with Gasteiger partial charge in [-0.3, -0.25) is 0 Å². The maximum absolute atomic E-state index is 4.72. The van der Waals surface area contributed by atoms with Crippen LogP contribution in [0.1, 0.15) is 25.5 Å². The molecule has 112 valence electrons. The highest BCUT2D eigenvalue weighted by Crippen LogP contribution is 2.30. The minimum Gasteiger partial charge on any atom is -0.368 e. The van der Waals surface area contributed by atoms with Crippen LogP contribution in [0.2, 0.25) is 0 Å². The van der Waals surface area contributed by atoms with E-state index >= 15 is 0 Å². The zero-order valence-corrected chi connectivity index (χ0v) is 13.2. The standard InChI is InChI=1S/C17H24N4/c1-13-16(20-15-7-5-4-6-14(15)19-13)18-12-17(2)8-10-21(3)11-9-17/h4-7H,8-12H2,1-3H3,(H,18,20). The molecular weight excluding hydrogens is 260 g/mol. The van der Waals surface area contributed by atoms with E-state index in [-0.39, 0.29) is 0 Å². The number of likely N-dealkylation sites (tertiary alicyclic amines) is 1. The number of aryl methyl sites for hydroxylation is 1. The van der Waals surface area contributed by atoms with Gasteiger partial charge in [0.05, 0.1) is 16.7 Å². The predicted molar refractivity (Wildman–Crippen MR) is 87.6 cm³/mol. The van der Waals surface area contributed by atoms with Crippen LogP contribution < -0.4 is 5.32 Å². The van der Waals surface area contributed by atoms with Crippen LogP contribution in [0.3, 0.4) is 0 Å². The molecule has 0 radical (unpaired) electrons. The van der Waals surface area contributed by atoms with Crippen LogP contribution in [0.4, 0.5) is 5.82 Å². The number of benzene rings is 1. The van der Waals surface area contributed by atoms with Crippen LogP contribution in [0.15, 0.2) is 24.3 Å². The topological polar surface area (TPSA) is 41.1 Å². The number of nitrogens with zero attached hydrogens (tertiary/aromatic N) is 3. The second kappa shape index (κ2) is 5.60. The number of para-hydroxylation sites is 2. The lowest BCUT2D eigenvalue weighted by Crippen LogP contribution is -2.40. The molecule has 1 N–H and O–H groups in total. The van der Waals surface area contributed by atoms with Gasteiger partial charge in [-0.1, -0.05) is 19.1 Å². The lowest BCUT2D eigenvalue weighted by atomic mass is 9.80. The molecule has 4 nitrogen and oxygen atoms in total. The Labute approximate surface area is 126 Å². The Morgan fingerprint density at radius 2 is 1.76 bits per heavy atom. The van der Waals surface area contributed by atoms with Gasteiger partial charge in [0.15, 0.2) is 0 Å². The minimum absolute atomic E-state index is 0.353. The maximum atomic E-state index is 4.72. The molecule has 0 unspecified atom stereocenters. The number of hydrogen-bond donors (Lipinski definition) is 1. The summed E-state index contributed by atoms with van der Waals surface area (Å²) < 4.78 is 0. The molecule has 4 heteroatoms. The fourth-order valence-electron chi connectivity index (χ4n) is 2.89. The molecule has 2 heterocycles. The molecule has 1 aliphatic rings. The summed E-state index contributed by atoms with van der Waals surface area (Å²) in [6, 6.07) is 8.04. The normalized spacial score (nSPS) is 18.8. The molecular formula is C17H24N4. The zero-order valence-electron chi connectivity index (χ0n) is 13.2. The number of aromatic nitrogens is 2. The van der Waals surface area contributed by atoms with Gasteiger partial charge in [0, 0.05) is 6.54 Å². The van der Waals surface area contributed by atoms with Gasteiger partial charge < -0.3 is 10.2 Å². The van der Waals surface area contributed by atoms with Gasteiger partial charge in [-0.15, -0.1) is 0 Å². The zero-order chi connectivity index (χ0) is 14.9. The van der Waals surface area contributed by atoms with E-state index in [1.54, 1.807) is 0 Å². The highest BCUT2D eigenvalue weighted by molar-refractivity contribution is 5.76. The van der Waals surface area contributed by atoms with Crippen molar-refractivity contribution in [1.82, 2.24) is 14.9 Å². The summed E-state index contributed by atoms with van der Waals surface area (Å²) in [6.07, 6.45) is 2.47. The van der Waals surface area contributed by atoms with E-state index in [2.05, 4.69) is 29.2 Å². The summed E-state index contributed by atoms with van der Waals surface area (Å²) in [5.41, 5.74) is 3.25. The van der Waals surface area contributed by atoms with E-state index in [0.717, 1.165) is 29.1 Å². The predicted octanol–water partition coefficient (Wildman–Crippen LogP) is 3.08. The van der Waals surface area contributed by atoms with Crippen LogP contribution in [0.25, 0.3) is 11.0 Å². The van der Waals surface area contributed by atoms with E-state index in [1.807, 2.05) is 31.2 Å². The Bertz CT molecular complexity index is 630. The first-order valence-corrected chi connectivity index (χ1v) is 7.72. The average molecular weight is 284 g/mol. The highest BCUT2D eigenvalue weighted by atomic mass is 15.1. The summed E-state index contributed by atoms with van der Waals surface area (Å²) in [4.78, 5) is 11.8. The smallest absolute Gasteiger partial charge is 0.148 e. The Kier molecular flexibility index (Phi) is 3.81. The molecule has 3 rings (SSSR count). The van der Waals surface area contributed by atoms with Crippen molar-refractivity contribution in [3.8, 4) is 0 Å². The molecule has 0 bridgehead atoms. The molecule has 0 spiro atoms. The Morgan fingerprint density at radius 1 is 1.14 bits per heavy atom. The van der Waals surface area contributed by atoms with Crippen molar-refractivity contribution in [1.29, 1.82) is 0 Å². The van der Waals surface area contributed by atoms with Crippen molar-refractivity contribution in [2.45, 2.75) is 26.7 Å². The first-order chi connectivity index (χ1) is 10.1. The SMILES string of the molecule is Cc1nc2ccccc2nc1NCC1(C)CCN(C)CC1. The molecule has 0 aliphatic carbocycles. The molecule has 0 amide bonds. The molecule has 1 aromatic carbocycles. The van der Waals surface area contributed by atoms with Gasteiger partial charge in [-0.25, -0.2) is 9.97 Å². The number of hydrogen-bond acceptors (Lipinski definition) is 4. The maximum Gasteiger partial charge on any atom is 0.148 e. The molecule has 0 saturated carbocycles. The van der Waals surface area contributed by atoms with E-state index in [1.165, 1.54) is 25.9 Å². The summed E-state index contributed by atoms with van der Waals surface area (Å²) in [7, 11) is 2.20. The summed E-state index contributed by atoms with van der Waals surface area (Å²) >= 11 is 0. The van der Waals surface area contributed by atoms with E-state index in [4.69, 9.17) is 4.98 Å². The average Bonchev–Trinajstić information content (AvgIpc) is 2.49. The van der Waals surface area contributed by atoms with Gasteiger partial charge in [-0.2, -0.15) is 0 Å². The molecule has 1 saturated heterocycles. The van der Waals surface area contributed by atoms with Gasteiger partial charge >= 0.3 is 0 Å². The van der Waals surface area contributed by atoms with E-state index < -0.39 is 0 Å². The Hall–Kier alpha value is -1.68. The second-order valence-corrected chi connectivity index (χ2v) is 6.61. The van der Waals surface area contributed by atoms with Crippen molar-refractivity contribution in [2.75, 3.05) is 32.0 Å². The van der Waals surface area contributed by atoms with Crippen LogP contribution in [-0.4, -0.2) is 41.5 Å². The van der Waals surface area contributed by atoms with Crippen LogP contribution in [0, 0.1) is 12.3 Å². The number of fused-ring (bicyclic) bond motifs is 1. The third-order valence-electron chi connectivity index (χ3n) is 4.62. The van der Waals surface area contributed by atoms with Gasteiger partial charge in [-0.05, 0) is 57.5 Å². The van der Waals surface area contributed by atoms with Crippen molar-refractivity contribution in [2.24, 2.45) is 5.41 Å². The molecule has 1 fully saturated rings. The second-order valence-electron chi connectivity index (χ2n) is 6.61. The lowest BCUT2D eigenvalue weighted by Gasteiger charge is -2.38. The Morgan fingerprint density at radius 3 is 2.43 bits per heavy atom. The summed E-state index contributed by atoms with van der Waals surface area (Å²) in [5, 5.41) is 3.54. The summed E-state index contributed by atoms with van der Waals surface area (Å²) in [5.74, 6) is 0.925. The molecule has 1 aliphatic heterocycles. The fourth-order valence-corrected chi connectivity index (χ4v) is 2.89. The van der Waals surface area contributed by atoms with Crippen LogP contribution >= 0.6 is 0 Å². The third kappa shape index (κ3) is 3.16. The fraction of sp³-hybridized carbons (Fsp3) is 0.529. The number of anilines is 1. The van der Waals surface area contributed by atoms with Crippen molar-refractivity contribution in [3.63, 3.8) is 0 Å². The first kappa shape index (κ1) is 14.3. The third-order valence-corrected chi connectivity index (χ3v) is 4.62. The monoisotopic (exact) mass is 284 g/mol. The number of nitrogens with one attached hydrogen (secondary N) is 1. The summed E-state index contributed by atoms with van der Waals surface area (Å²) in [6.45, 7) is 7.73.